The van der Waals surface area contributed by atoms with Crippen molar-refractivity contribution in [3.05, 3.63) is 34.2 Å². The number of aromatic nitrogens is 1. The first-order valence-electron chi connectivity index (χ1n) is 8.57. The van der Waals surface area contributed by atoms with Crippen LogP contribution in [0.4, 0.5) is 0 Å². The molecule has 2 fully saturated rings. The average Bonchev–Trinajstić information content (AvgIpc) is 2.77. The zero-order chi connectivity index (χ0) is 17.0. The molecule has 1 aromatic heterocycles. The molecule has 0 spiro atoms. The van der Waals surface area contributed by atoms with Gasteiger partial charge in [-0.15, -0.1) is 0 Å². The van der Waals surface area contributed by atoms with Crippen molar-refractivity contribution < 1.29 is 14.6 Å². The minimum absolute atomic E-state index is 0.177. The number of aromatic amines is 1. The van der Waals surface area contributed by atoms with Crippen molar-refractivity contribution in [2.75, 3.05) is 45.9 Å². The molecule has 2 N–H and O–H groups in total. The average molecular weight is 335 g/mol. The summed E-state index contributed by atoms with van der Waals surface area (Å²) in [5, 5.41) is 10.9. The van der Waals surface area contributed by atoms with Crippen molar-refractivity contribution >= 4 is 5.91 Å². The highest BCUT2D eigenvalue weighted by Crippen LogP contribution is 2.24. The van der Waals surface area contributed by atoms with Crippen molar-refractivity contribution in [1.82, 2.24) is 14.8 Å². The highest BCUT2D eigenvalue weighted by molar-refractivity contribution is 5.92. The Labute approximate surface area is 141 Å². The van der Waals surface area contributed by atoms with E-state index in [-0.39, 0.29) is 11.5 Å². The Kier molecular flexibility index (Phi) is 5.33. The van der Waals surface area contributed by atoms with Crippen LogP contribution in [0.1, 0.15) is 29.8 Å². The number of aliphatic hydroxyl groups is 1. The Morgan fingerprint density at radius 3 is 2.75 bits per heavy atom. The van der Waals surface area contributed by atoms with Crippen molar-refractivity contribution in [3.63, 3.8) is 0 Å². The third-order valence-electron chi connectivity index (χ3n) is 4.82. The van der Waals surface area contributed by atoms with Gasteiger partial charge in [0.25, 0.3) is 5.91 Å². The highest BCUT2D eigenvalue weighted by atomic mass is 16.5. The van der Waals surface area contributed by atoms with E-state index in [9.17, 15) is 14.7 Å². The Balaban J connectivity index is 1.61. The molecule has 7 nitrogen and oxygen atoms in total. The first-order chi connectivity index (χ1) is 11.6. The summed E-state index contributed by atoms with van der Waals surface area (Å²) in [6, 6.07) is 4.59. The van der Waals surface area contributed by atoms with Crippen LogP contribution in [0.25, 0.3) is 0 Å². The lowest BCUT2D eigenvalue weighted by molar-refractivity contribution is -0.0389. The number of hydrogen-bond donors (Lipinski definition) is 2. The van der Waals surface area contributed by atoms with Crippen LogP contribution in [-0.4, -0.2) is 77.3 Å². The van der Waals surface area contributed by atoms with Crippen LogP contribution in [0.2, 0.25) is 0 Å². The summed E-state index contributed by atoms with van der Waals surface area (Å²) in [6.07, 6.45) is 1.98. The van der Waals surface area contributed by atoms with E-state index in [0.717, 1.165) is 19.5 Å². The van der Waals surface area contributed by atoms with Gasteiger partial charge >= 0.3 is 0 Å². The number of rotatable bonds is 3. The van der Waals surface area contributed by atoms with Gasteiger partial charge in [-0.05, 0) is 25.3 Å². The van der Waals surface area contributed by atoms with Gasteiger partial charge in [-0.3, -0.25) is 14.5 Å². The van der Waals surface area contributed by atoms with Gasteiger partial charge in [-0.1, -0.05) is 6.07 Å². The molecule has 1 aromatic rings. The lowest BCUT2D eigenvalue weighted by Gasteiger charge is -2.35. The second-order valence-electron chi connectivity index (χ2n) is 6.69. The quantitative estimate of drug-likeness (QED) is 0.816. The van der Waals surface area contributed by atoms with Gasteiger partial charge in [0.15, 0.2) is 0 Å². The van der Waals surface area contributed by atoms with Crippen molar-refractivity contribution in [3.8, 4) is 0 Å². The molecule has 0 saturated carbocycles. The molecule has 1 amide bonds. The summed E-state index contributed by atoms with van der Waals surface area (Å²) in [7, 11) is 0. The van der Waals surface area contributed by atoms with Gasteiger partial charge in [0.2, 0.25) is 5.56 Å². The van der Waals surface area contributed by atoms with E-state index in [1.165, 1.54) is 6.07 Å². The molecule has 7 heteroatoms. The second kappa shape index (κ2) is 7.46. The number of nitrogens with one attached hydrogen (secondary N) is 1. The SMILES string of the molecule is O=C(c1cccc(=O)[nH]1)N1CCCC(O)(CN2CCOCC2)CC1. The van der Waals surface area contributed by atoms with Crippen LogP contribution in [0, 0.1) is 0 Å². The van der Waals surface area contributed by atoms with Crippen LogP contribution < -0.4 is 5.56 Å². The maximum absolute atomic E-state index is 12.6. The van der Waals surface area contributed by atoms with Gasteiger partial charge in [0.1, 0.15) is 5.69 Å². The number of nitrogens with zero attached hydrogens (tertiary/aromatic N) is 2. The summed E-state index contributed by atoms with van der Waals surface area (Å²) in [5.41, 5.74) is -0.739. The highest BCUT2D eigenvalue weighted by Gasteiger charge is 2.34. The number of H-pyrrole nitrogens is 1. The number of likely N-dealkylation sites (tertiary alicyclic amines) is 1. The molecule has 0 bridgehead atoms. The number of pyridine rings is 1. The van der Waals surface area contributed by atoms with E-state index in [4.69, 9.17) is 4.74 Å². The van der Waals surface area contributed by atoms with E-state index < -0.39 is 5.60 Å². The zero-order valence-corrected chi connectivity index (χ0v) is 13.9. The number of hydrogen-bond acceptors (Lipinski definition) is 5. The van der Waals surface area contributed by atoms with Gasteiger partial charge in [0.05, 0.1) is 18.8 Å². The summed E-state index contributed by atoms with van der Waals surface area (Å²) in [4.78, 5) is 30.5. The number of carbonyl (C=O) groups is 1. The summed E-state index contributed by atoms with van der Waals surface area (Å²) >= 11 is 0. The third kappa shape index (κ3) is 4.23. The summed E-state index contributed by atoms with van der Waals surface area (Å²) < 4.78 is 5.35. The van der Waals surface area contributed by atoms with Crippen LogP contribution in [0.15, 0.2) is 23.0 Å². The summed E-state index contributed by atoms with van der Waals surface area (Å²) in [6.45, 7) is 4.83. The van der Waals surface area contributed by atoms with Crippen molar-refractivity contribution in [1.29, 1.82) is 0 Å². The molecule has 0 radical (unpaired) electrons. The van der Waals surface area contributed by atoms with Gasteiger partial charge in [0, 0.05) is 38.8 Å². The predicted octanol–water partition coefficient (Wildman–Crippen LogP) is 0.0643. The predicted molar refractivity (Wildman–Crippen MR) is 89.0 cm³/mol. The van der Waals surface area contributed by atoms with Crippen LogP contribution in [0.3, 0.4) is 0 Å². The molecule has 0 aromatic carbocycles. The number of β-amino-alcohol motifs (C(OH)–C–C–N with tert-alkyl or cyclic N) is 1. The standard InChI is InChI=1S/C17H25N3O4/c21-15-4-1-3-14(18-15)16(22)20-7-2-5-17(23,6-8-20)13-19-9-11-24-12-10-19/h1,3-4,23H,2,5-13H2,(H,18,21). The molecule has 2 saturated heterocycles. The molecule has 2 aliphatic rings. The number of ether oxygens (including phenoxy) is 1. The molecule has 2 aliphatic heterocycles. The fourth-order valence-corrected chi connectivity index (χ4v) is 3.46. The van der Waals surface area contributed by atoms with E-state index in [0.29, 0.717) is 51.4 Å². The molecular weight excluding hydrogens is 310 g/mol. The fraction of sp³-hybridized carbons (Fsp3) is 0.647. The zero-order valence-electron chi connectivity index (χ0n) is 13.9. The molecule has 24 heavy (non-hydrogen) atoms. The molecular formula is C17H25N3O4. The molecule has 1 atom stereocenters. The number of amides is 1. The first-order valence-corrected chi connectivity index (χ1v) is 8.57. The van der Waals surface area contributed by atoms with Crippen LogP contribution >= 0.6 is 0 Å². The van der Waals surface area contributed by atoms with E-state index in [2.05, 4.69) is 9.88 Å². The summed E-state index contributed by atoms with van der Waals surface area (Å²) in [5.74, 6) is -0.177. The molecule has 3 rings (SSSR count). The van der Waals surface area contributed by atoms with E-state index in [1.54, 1.807) is 17.0 Å². The lowest BCUT2D eigenvalue weighted by atomic mass is 9.94. The van der Waals surface area contributed by atoms with Gasteiger partial charge in [-0.25, -0.2) is 0 Å². The second-order valence-corrected chi connectivity index (χ2v) is 6.69. The Morgan fingerprint density at radius 2 is 2.00 bits per heavy atom. The van der Waals surface area contributed by atoms with Crippen LogP contribution in [0.5, 0.6) is 0 Å². The van der Waals surface area contributed by atoms with Crippen LogP contribution in [-0.2, 0) is 4.74 Å². The van der Waals surface area contributed by atoms with E-state index in [1.807, 2.05) is 0 Å². The minimum atomic E-state index is -0.767. The normalized spacial score (nSPS) is 26.1. The molecule has 132 valence electrons. The number of carbonyl (C=O) groups excluding carboxylic acids is 1. The Bertz CT molecular complexity index is 626. The topological polar surface area (TPSA) is 85.9 Å². The first kappa shape index (κ1) is 17.1. The Morgan fingerprint density at radius 1 is 1.21 bits per heavy atom. The fourth-order valence-electron chi connectivity index (χ4n) is 3.46. The van der Waals surface area contributed by atoms with Gasteiger partial charge in [-0.2, -0.15) is 0 Å². The monoisotopic (exact) mass is 335 g/mol. The third-order valence-corrected chi connectivity index (χ3v) is 4.82. The largest absolute Gasteiger partial charge is 0.388 e. The van der Waals surface area contributed by atoms with Crippen molar-refractivity contribution in [2.45, 2.75) is 24.9 Å². The maximum Gasteiger partial charge on any atom is 0.270 e. The number of morpholine rings is 1. The molecule has 1 unspecified atom stereocenters. The van der Waals surface area contributed by atoms with Crippen molar-refractivity contribution in [2.24, 2.45) is 0 Å². The molecule has 3 heterocycles. The maximum atomic E-state index is 12.6. The Hall–Kier alpha value is -1.70. The smallest absolute Gasteiger partial charge is 0.270 e. The minimum Gasteiger partial charge on any atom is -0.388 e. The lowest BCUT2D eigenvalue weighted by Crippen LogP contribution is -2.48. The van der Waals surface area contributed by atoms with E-state index >= 15 is 0 Å². The van der Waals surface area contributed by atoms with Gasteiger partial charge < -0.3 is 19.7 Å². The molecule has 0 aliphatic carbocycles.